The number of nitrogens with one attached hydrogen (secondary N) is 2. The molecular formula is C26H29N7O3. The van der Waals surface area contributed by atoms with Crippen LogP contribution in [0.1, 0.15) is 65.4 Å². The first-order chi connectivity index (χ1) is 17.5. The van der Waals surface area contributed by atoms with Crippen molar-refractivity contribution in [2.75, 3.05) is 18.4 Å². The van der Waals surface area contributed by atoms with E-state index in [1.807, 2.05) is 9.47 Å². The Hall–Kier alpha value is -3.53. The Morgan fingerprint density at radius 1 is 1.03 bits per heavy atom. The normalized spacial score (nSPS) is 28.7. The highest BCUT2D eigenvalue weighted by atomic mass is 16.4. The Labute approximate surface area is 208 Å². The SMILES string of the molecule is O=C(O)c1cc2cnc(Nc3ccc(C(=O)N4CC5CC[C@@H](C4)N5)cn3)nc2n1[C@H]1C[C@@H]2CCC1C2. The Morgan fingerprint density at radius 2 is 1.86 bits per heavy atom. The fourth-order valence-corrected chi connectivity index (χ4v) is 6.95. The highest BCUT2D eigenvalue weighted by Gasteiger charge is 2.42. The molecule has 7 rings (SSSR count). The first-order valence-electron chi connectivity index (χ1n) is 12.9. The van der Waals surface area contributed by atoms with E-state index in [0.717, 1.165) is 44.2 Å². The van der Waals surface area contributed by atoms with E-state index in [1.54, 1.807) is 30.6 Å². The topological polar surface area (TPSA) is 125 Å². The smallest absolute Gasteiger partial charge is 0.352 e. The van der Waals surface area contributed by atoms with Crippen molar-refractivity contribution in [1.82, 2.24) is 29.7 Å². The Balaban J connectivity index is 1.13. The number of hydrogen-bond donors (Lipinski definition) is 3. The van der Waals surface area contributed by atoms with Crippen LogP contribution in [0.2, 0.25) is 0 Å². The summed E-state index contributed by atoms with van der Waals surface area (Å²) < 4.78 is 1.92. The zero-order chi connectivity index (χ0) is 24.4. The van der Waals surface area contributed by atoms with Gasteiger partial charge < -0.3 is 25.2 Å². The molecule has 10 heteroatoms. The van der Waals surface area contributed by atoms with Gasteiger partial charge >= 0.3 is 5.97 Å². The number of likely N-dealkylation sites (tertiary alicyclic amines) is 1. The van der Waals surface area contributed by atoms with E-state index < -0.39 is 5.97 Å². The Bertz CT molecular complexity index is 1340. The lowest BCUT2D eigenvalue weighted by atomic mass is 9.95. The number of pyridine rings is 1. The lowest BCUT2D eigenvalue weighted by Crippen LogP contribution is -2.53. The van der Waals surface area contributed by atoms with E-state index in [1.165, 1.54) is 12.8 Å². The molecule has 5 atom stereocenters. The van der Waals surface area contributed by atoms with Crippen molar-refractivity contribution < 1.29 is 14.7 Å². The largest absolute Gasteiger partial charge is 0.477 e. The molecule has 0 aromatic carbocycles. The Morgan fingerprint density at radius 3 is 2.53 bits per heavy atom. The molecular weight excluding hydrogens is 458 g/mol. The lowest BCUT2D eigenvalue weighted by Gasteiger charge is -2.32. The van der Waals surface area contributed by atoms with Gasteiger partial charge in [-0.2, -0.15) is 4.98 Å². The molecule has 186 valence electrons. The predicted molar refractivity (Wildman–Crippen MR) is 132 cm³/mol. The van der Waals surface area contributed by atoms with Gasteiger partial charge in [-0.05, 0) is 62.1 Å². The van der Waals surface area contributed by atoms with Gasteiger partial charge in [-0.15, -0.1) is 0 Å². The van der Waals surface area contributed by atoms with Crippen LogP contribution in [0.5, 0.6) is 0 Å². The number of aromatic nitrogens is 4. The van der Waals surface area contributed by atoms with Crippen molar-refractivity contribution in [2.45, 2.75) is 56.7 Å². The second kappa shape index (κ2) is 8.26. The number of carbonyl (C=O) groups excluding carboxylic acids is 1. The maximum Gasteiger partial charge on any atom is 0.352 e. The molecule has 2 aliphatic heterocycles. The number of anilines is 2. The summed E-state index contributed by atoms with van der Waals surface area (Å²) in [7, 11) is 0. The Kier molecular flexibility index (Phi) is 4.99. The zero-order valence-electron chi connectivity index (χ0n) is 19.9. The number of carboxylic acids is 1. The number of amides is 1. The minimum absolute atomic E-state index is 0.00927. The number of rotatable bonds is 5. The summed E-state index contributed by atoms with van der Waals surface area (Å²) >= 11 is 0. The molecule has 2 aliphatic carbocycles. The van der Waals surface area contributed by atoms with Gasteiger partial charge in [-0.3, -0.25) is 4.79 Å². The van der Waals surface area contributed by atoms with Crippen molar-refractivity contribution in [1.29, 1.82) is 0 Å². The molecule has 3 N–H and O–H groups in total. The minimum atomic E-state index is -0.940. The molecule has 2 saturated heterocycles. The fraction of sp³-hybridized carbons (Fsp3) is 0.500. The molecule has 1 amide bonds. The van der Waals surface area contributed by atoms with Crippen molar-refractivity contribution in [3.63, 3.8) is 0 Å². The number of carboxylic acid groups (broad SMARTS) is 1. The van der Waals surface area contributed by atoms with Crippen LogP contribution in [0.25, 0.3) is 11.0 Å². The van der Waals surface area contributed by atoms with E-state index in [-0.39, 0.29) is 17.6 Å². The van der Waals surface area contributed by atoms with E-state index >= 15 is 0 Å². The minimum Gasteiger partial charge on any atom is -0.477 e. The molecule has 4 fully saturated rings. The van der Waals surface area contributed by atoms with Gasteiger partial charge in [0.05, 0.1) is 5.56 Å². The summed E-state index contributed by atoms with van der Waals surface area (Å²) in [6.45, 7) is 1.48. The highest BCUT2D eigenvalue weighted by Crippen LogP contribution is 2.51. The quantitative estimate of drug-likeness (QED) is 0.501. The molecule has 2 unspecified atom stereocenters. The van der Waals surface area contributed by atoms with Gasteiger partial charge in [0.2, 0.25) is 5.95 Å². The van der Waals surface area contributed by atoms with Crippen LogP contribution in [-0.4, -0.2) is 66.6 Å². The van der Waals surface area contributed by atoms with Crippen LogP contribution >= 0.6 is 0 Å². The van der Waals surface area contributed by atoms with E-state index in [2.05, 4.69) is 20.6 Å². The van der Waals surface area contributed by atoms with Crippen molar-refractivity contribution in [3.8, 4) is 0 Å². The molecule has 0 spiro atoms. The molecule has 3 aromatic heterocycles. The third-order valence-corrected chi connectivity index (χ3v) is 8.58. The molecule has 4 aliphatic rings. The summed E-state index contributed by atoms with van der Waals surface area (Å²) in [5, 5.41) is 17.3. The second-order valence-corrected chi connectivity index (χ2v) is 10.8. The standard InChI is InChI=1S/C26H29N7O3/c34-24(32-12-18-4-5-19(13-32)29-18)16-3-6-22(27-10-16)30-26-28-11-17-9-21(25(35)36)33(23(17)31-26)20-8-14-1-2-15(20)7-14/h3,6,9-11,14-15,18-20,29H,1-2,4-5,7-8,12-13H2,(H,35,36)(H,27,28,30,31)/t14-,15?,18+,19?,20+/m1/s1. The van der Waals surface area contributed by atoms with Crippen molar-refractivity contribution in [2.24, 2.45) is 11.8 Å². The average molecular weight is 488 g/mol. The number of fused-ring (bicyclic) bond motifs is 5. The summed E-state index contributed by atoms with van der Waals surface area (Å²) in [5.41, 5.74) is 1.48. The van der Waals surface area contributed by atoms with Crippen LogP contribution in [0, 0.1) is 11.8 Å². The van der Waals surface area contributed by atoms with Crippen molar-refractivity contribution in [3.05, 3.63) is 41.9 Å². The van der Waals surface area contributed by atoms with Gasteiger partial charge in [-0.25, -0.2) is 14.8 Å². The van der Waals surface area contributed by atoms with E-state index in [9.17, 15) is 14.7 Å². The number of piperazine rings is 1. The first kappa shape index (κ1) is 21.7. The molecule has 4 bridgehead atoms. The summed E-state index contributed by atoms with van der Waals surface area (Å²) in [6.07, 6.45) is 10.1. The molecule has 3 aromatic rings. The monoisotopic (exact) mass is 487 g/mol. The van der Waals surface area contributed by atoms with Crippen molar-refractivity contribution >= 4 is 34.7 Å². The van der Waals surface area contributed by atoms with Gasteiger partial charge in [0.1, 0.15) is 17.2 Å². The summed E-state index contributed by atoms with van der Waals surface area (Å²) in [4.78, 5) is 40.5. The van der Waals surface area contributed by atoms with E-state index in [0.29, 0.717) is 46.9 Å². The number of aromatic carboxylic acids is 1. The van der Waals surface area contributed by atoms with Crippen LogP contribution in [0.15, 0.2) is 30.6 Å². The van der Waals surface area contributed by atoms with Crippen LogP contribution in [0.3, 0.4) is 0 Å². The number of carbonyl (C=O) groups is 2. The third kappa shape index (κ3) is 3.62. The molecule has 10 nitrogen and oxygen atoms in total. The maximum atomic E-state index is 13.0. The summed E-state index contributed by atoms with van der Waals surface area (Å²) in [6, 6.07) is 6.17. The third-order valence-electron chi connectivity index (χ3n) is 8.58. The zero-order valence-corrected chi connectivity index (χ0v) is 19.9. The molecule has 2 saturated carbocycles. The first-order valence-corrected chi connectivity index (χ1v) is 12.9. The highest BCUT2D eigenvalue weighted by molar-refractivity contribution is 5.95. The summed E-state index contributed by atoms with van der Waals surface area (Å²) in [5.74, 6) is 1.14. The van der Waals surface area contributed by atoms with Crippen LogP contribution in [0.4, 0.5) is 11.8 Å². The van der Waals surface area contributed by atoms with Gasteiger partial charge in [0.15, 0.2) is 0 Å². The van der Waals surface area contributed by atoms with Gasteiger partial charge in [0, 0.05) is 49.0 Å². The van der Waals surface area contributed by atoms with Gasteiger partial charge in [-0.1, -0.05) is 6.42 Å². The second-order valence-electron chi connectivity index (χ2n) is 10.8. The predicted octanol–water partition coefficient (Wildman–Crippen LogP) is 3.21. The number of hydrogen-bond acceptors (Lipinski definition) is 7. The van der Waals surface area contributed by atoms with Crippen LogP contribution < -0.4 is 10.6 Å². The average Bonchev–Trinajstić information content (AvgIpc) is 3.66. The molecule has 36 heavy (non-hydrogen) atoms. The van der Waals surface area contributed by atoms with Gasteiger partial charge in [0.25, 0.3) is 5.91 Å². The lowest BCUT2D eigenvalue weighted by molar-refractivity contribution is 0.0677. The fourth-order valence-electron chi connectivity index (χ4n) is 6.95. The number of nitrogens with zero attached hydrogens (tertiary/aromatic N) is 5. The van der Waals surface area contributed by atoms with E-state index in [4.69, 9.17) is 4.98 Å². The molecule has 0 radical (unpaired) electrons. The maximum absolute atomic E-state index is 13.0. The van der Waals surface area contributed by atoms with Crippen LogP contribution in [-0.2, 0) is 0 Å². The molecule has 5 heterocycles.